The maximum atomic E-state index is 9.02. The molecule has 0 aliphatic carbocycles. The Morgan fingerprint density at radius 3 is 1.86 bits per heavy atom. The fourth-order valence-electron chi connectivity index (χ4n) is 1.70. The van der Waals surface area contributed by atoms with Crippen molar-refractivity contribution in [3.8, 4) is 5.75 Å². The summed E-state index contributed by atoms with van der Waals surface area (Å²) in [6.07, 6.45) is 0. The number of nitrogens with zero attached hydrogens (tertiary/aromatic N) is 1. The molecule has 0 saturated heterocycles. The van der Waals surface area contributed by atoms with E-state index in [2.05, 4.69) is 25.9 Å². The molecule has 0 fully saturated rings. The van der Waals surface area contributed by atoms with E-state index in [4.69, 9.17) is 10.3 Å². The molecule has 0 unspecified atom stereocenters. The third-order valence-electron chi connectivity index (χ3n) is 3.07. The molecule has 2 aromatic rings. The highest BCUT2D eigenvalue weighted by Gasteiger charge is 2.12. The van der Waals surface area contributed by atoms with E-state index in [9.17, 15) is 0 Å². The molecule has 2 N–H and O–H groups in total. The molecule has 0 atom stereocenters. The van der Waals surface area contributed by atoms with Gasteiger partial charge >= 0.3 is 0 Å². The van der Waals surface area contributed by atoms with E-state index >= 15 is 0 Å². The second-order valence-corrected chi connectivity index (χ2v) is 5.85. The second-order valence-electron chi connectivity index (χ2n) is 5.85. The Balaban J connectivity index is 0.000000211. The summed E-state index contributed by atoms with van der Waals surface area (Å²) in [5.41, 5.74) is 3.01. The van der Waals surface area contributed by atoms with Crippen LogP contribution in [0.25, 0.3) is 0 Å². The van der Waals surface area contributed by atoms with Gasteiger partial charge in [0.05, 0.1) is 5.71 Å². The van der Waals surface area contributed by atoms with Crippen molar-refractivity contribution in [2.45, 2.75) is 33.1 Å². The van der Waals surface area contributed by atoms with Gasteiger partial charge < -0.3 is 10.3 Å². The summed E-state index contributed by atoms with van der Waals surface area (Å²) in [5.74, 6) is 0.331. The summed E-state index contributed by atoms with van der Waals surface area (Å²) < 4.78 is 0. The van der Waals surface area contributed by atoms with Crippen molar-refractivity contribution < 1.29 is 10.3 Å². The van der Waals surface area contributed by atoms with Crippen LogP contribution >= 0.6 is 0 Å². The fourth-order valence-corrected chi connectivity index (χ4v) is 1.70. The van der Waals surface area contributed by atoms with Gasteiger partial charge in [-0.25, -0.2) is 0 Å². The first-order valence-corrected chi connectivity index (χ1v) is 6.88. The largest absolute Gasteiger partial charge is 0.508 e. The molecule has 0 amide bonds. The van der Waals surface area contributed by atoms with Crippen molar-refractivity contribution in [3.63, 3.8) is 0 Å². The number of oxime groups is 1. The van der Waals surface area contributed by atoms with E-state index in [0.29, 0.717) is 11.5 Å². The Labute approximate surface area is 126 Å². The highest BCUT2D eigenvalue weighted by molar-refractivity contribution is 5.98. The third kappa shape index (κ3) is 5.69. The molecule has 0 aromatic heterocycles. The topological polar surface area (TPSA) is 52.8 Å². The summed E-state index contributed by atoms with van der Waals surface area (Å²) in [5, 5.41) is 20.5. The van der Waals surface area contributed by atoms with Crippen molar-refractivity contribution in [2.75, 3.05) is 0 Å². The first-order valence-electron chi connectivity index (χ1n) is 6.88. The quantitative estimate of drug-likeness (QED) is 0.458. The van der Waals surface area contributed by atoms with E-state index < -0.39 is 0 Å². The maximum Gasteiger partial charge on any atom is 0.115 e. The van der Waals surface area contributed by atoms with Gasteiger partial charge in [-0.1, -0.05) is 68.4 Å². The van der Waals surface area contributed by atoms with Gasteiger partial charge in [-0.3, -0.25) is 0 Å². The average Bonchev–Trinajstić information content (AvgIpc) is 2.47. The average molecular weight is 285 g/mol. The van der Waals surface area contributed by atoms with Crippen LogP contribution in [-0.2, 0) is 5.41 Å². The number of aromatic hydroxyl groups is 1. The Morgan fingerprint density at radius 2 is 1.43 bits per heavy atom. The van der Waals surface area contributed by atoms with Crippen LogP contribution < -0.4 is 0 Å². The number of benzene rings is 2. The molecule has 0 aliphatic rings. The van der Waals surface area contributed by atoms with E-state index in [-0.39, 0.29) is 5.41 Å². The summed E-state index contributed by atoms with van der Waals surface area (Å²) >= 11 is 0. The van der Waals surface area contributed by atoms with Crippen molar-refractivity contribution in [2.24, 2.45) is 5.16 Å². The number of phenols is 1. The second kappa shape index (κ2) is 7.48. The molecule has 2 rings (SSSR count). The van der Waals surface area contributed by atoms with Gasteiger partial charge in [0, 0.05) is 0 Å². The first kappa shape index (κ1) is 16.8. The molecular formula is C18H23NO2. The van der Waals surface area contributed by atoms with Crippen LogP contribution in [0.5, 0.6) is 5.75 Å². The van der Waals surface area contributed by atoms with E-state index in [1.807, 2.05) is 42.5 Å². The lowest BCUT2D eigenvalue weighted by Crippen LogP contribution is -2.10. The van der Waals surface area contributed by atoms with Crippen molar-refractivity contribution in [3.05, 3.63) is 65.7 Å². The molecule has 0 heterocycles. The Morgan fingerprint density at radius 1 is 0.905 bits per heavy atom. The van der Waals surface area contributed by atoms with Gasteiger partial charge in [-0.15, -0.1) is 0 Å². The van der Waals surface area contributed by atoms with E-state index in [1.165, 1.54) is 5.56 Å². The molecule has 3 heteroatoms. The van der Waals surface area contributed by atoms with Gasteiger partial charge in [0.2, 0.25) is 0 Å². The van der Waals surface area contributed by atoms with Crippen LogP contribution in [0.1, 0.15) is 38.8 Å². The van der Waals surface area contributed by atoms with Gasteiger partial charge in [-0.2, -0.15) is 0 Å². The maximum absolute atomic E-state index is 9.02. The molecule has 0 aliphatic heterocycles. The van der Waals surface area contributed by atoms with E-state index in [0.717, 1.165) is 5.56 Å². The Hall–Kier alpha value is -2.29. The lowest BCUT2D eigenvalue weighted by atomic mass is 9.87. The molecule has 0 radical (unpaired) electrons. The Bertz CT molecular complexity index is 566. The minimum atomic E-state index is 0.174. The third-order valence-corrected chi connectivity index (χ3v) is 3.07. The van der Waals surface area contributed by atoms with Gasteiger partial charge in [0.1, 0.15) is 5.75 Å². The molecule has 2 aromatic carbocycles. The summed E-state index contributed by atoms with van der Waals surface area (Å²) in [4.78, 5) is 0. The molecule has 3 nitrogen and oxygen atoms in total. The zero-order valence-corrected chi connectivity index (χ0v) is 13.0. The monoisotopic (exact) mass is 285 g/mol. The van der Waals surface area contributed by atoms with Crippen LogP contribution in [0, 0.1) is 0 Å². The normalized spacial score (nSPS) is 11.5. The highest BCUT2D eigenvalue weighted by atomic mass is 16.4. The zero-order chi connectivity index (χ0) is 15.9. The molecule has 112 valence electrons. The number of phenolic OH excluding ortho intramolecular Hbond substituents is 1. The highest BCUT2D eigenvalue weighted by Crippen LogP contribution is 2.23. The van der Waals surface area contributed by atoms with Gasteiger partial charge in [-0.05, 0) is 35.6 Å². The summed E-state index contributed by atoms with van der Waals surface area (Å²) in [7, 11) is 0. The van der Waals surface area contributed by atoms with Crippen molar-refractivity contribution in [1.29, 1.82) is 0 Å². The van der Waals surface area contributed by atoms with Crippen LogP contribution in [0.4, 0.5) is 0 Å². The molecule has 21 heavy (non-hydrogen) atoms. The lowest BCUT2D eigenvalue weighted by molar-refractivity contribution is 0.319. The van der Waals surface area contributed by atoms with Crippen LogP contribution in [0.15, 0.2) is 59.8 Å². The predicted molar refractivity (Wildman–Crippen MR) is 87.2 cm³/mol. The van der Waals surface area contributed by atoms with Crippen LogP contribution in [0.2, 0.25) is 0 Å². The minimum Gasteiger partial charge on any atom is -0.508 e. The smallest absolute Gasteiger partial charge is 0.115 e. The van der Waals surface area contributed by atoms with Crippen molar-refractivity contribution >= 4 is 5.71 Å². The number of hydrogen-bond donors (Lipinski definition) is 2. The molecule has 0 spiro atoms. The molecular weight excluding hydrogens is 262 g/mol. The minimum absolute atomic E-state index is 0.174. The van der Waals surface area contributed by atoms with Gasteiger partial charge in [0.25, 0.3) is 0 Å². The number of rotatable bonds is 1. The standard InChI is InChI=1S/C10H14O.C8H9NO/c1-10(2,3)8-4-6-9(11)7-5-8;1-7(9-10)8-5-3-2-4-6-8/h4-7,11H,1-3H3;2-6,10H,1H3. The molecule has 0 bridgehead atoms. The van der Waals surface area contributed by atoms with E-state index in [1.54, 1.807) is 19.1 Å². The summed E-state index contributed by atoms with van der Waals surface area (Å²) in [6.45, 7) is 8.22. The molecule has 0 saturated carbocycles. The zero-order valence-electron chi connectivity index (χ0n) is 13.0. The summed E-state index contributed by atoms with van der Waals surface area (Å²) in [6, 6.07) is 16.9. The first-order chi connectivity index (χ1) is 9.84. The predicted octanol–water partition coefficient (Wildman–Crippen LogP) is 4.57. The number of hydrogen-bond acceptors (Lipinski definition) is 3. The van der Waals surface area contributed by atoms with Crippen molar-refractivity contribution in [1.82, 2.24) is 0 Å². The van der Waals surface area contributed by atoms with Crippen LogP contribution in [-0.4, -0.2) is 16.0 Å². The SMILES string of the molecule is CC(=NO)c1ccccc1.CC(C)(C)c1ccc(O)cc1. The lowest BCUT2D eigenvalue weighted by Gasteiger charge is -2.18. The van der Waals surface area contributed by atoms with Crippen LogP contribution in [0.3, 0.4) is 0 Å². The Kier molecular flexibility index (Phi) is 5.97. The van der Waals surface area contributed by atoms with Gasteiger partial charge in [0.15, 0.2) is 0 Å². The fraction of sp³-hybridized carbons (Fsp3) is 0.278.